The SMILES string of the molecule is CCOC(=O)c1cc(C#N)c(SCS(=O)(=O)c2ccc(C)cc2)[nH]c1=O. The molecule has 9 heteroatoms. The van der Waals surface area contributed by atoms with Gasteiger partial charge in [0.15, 0.2) is 9.84 Å². The molecule has 0 saturated carbocycles. The van der Waals surface area contributed by atoms with Gasteiger partial charge in [-0.2, -0.15) is 5.26 Å². The predicted octanol–water partition coefficient (Wildman–Crippen LogP) is 2.26. The minimum absolute atomic E-state index is 0.00300. The molecule has 1 heterocycles. The summed E-state index contributed by atoms with van der Waals surface area (Å²) >= 11 is 0.807. The number of ether oxygens (including phenoxy) is 1. The Morgan fingerprint density at radius 2 is 1.96 bits per heavy atom. The maximum atomic E-state index is 12.4. The van der Waals surface area contributed by atoms with Crippen LogP contribution in [0.4, 0.5) is 0 Å². The fourth-order valence-corrected chi connectivity index (χ4v) is 4.63. The smallest absolute Gasteiger partial charge is 0.343 e. The van der Waals surface area contributed by atoms with Crippen LogP contribution in [0.25, 0.3) is 0 Å². The molecule has 0 fully saturated rings. The van der Waals surface area contributed by atoms with Crippen LogP contribution in [0.15, 0.2) is 45.0 Å². The number of aryl methyl sites for hydroxylation is 1. The summed E-state index contributed by atoms with van der Waals surface area (Å²) in [4.78, 5) is 26.3. The van der Waals surface area contributed by atoms with Crippen molar-refractivity contribution in [3.63, 3.8) is 0 Å². The number of rotatable bonds is 6. The first kappa shape index (κ1) is 19.8. The van der Waals surface area contributed by atoms with Gasteiger partial charge in [0.25, 0.3) is 5.56 Å². The summed E-state index contributed by atoms with van der Waals surface area (Å²) in [7, 11) is -3.61. The molecule has 0 atom stereocenters. The number of carbonyl (C=O) groups excluding carboxylic acids is 1. The lowest BCUT2D eigenvalue weighted by atomic mass is 10.2. The van der Waals surface area contributed by atoms with Crippen LogP contribution in [0.3, 0.4) is 0 Å². The summed E-state index contributed by atoms with van der Waals surface area (Å²) in [6.07, 6.45) is 0. The van der Waals surface area contributed by atoms with E-state index in [0.717, 1.165) is 23.4 Å². The van der Waals surface area contributed by atoms with Crippen molar-refractivity contribution >= 4 is 27.6 Å². The number of hydrogen-bond acceptors (Lipinski definition) is 7. The number of carbonyl (C=O) groups is 1. The Hall–Kier alpha value is -2.57. The van der Waals surface area contributed by atoms with E-state index in [1.54, 1.807) is 19.1 Å². The van der Waals surface area contributed by atoms with Crippen molar-refractivity contribution in [2.75, 3.05) is 11.7 Å². The molecule has 1 aromatic heterocycles. The molecule has 2 aromatic rings. The molecule has 0 saturated heterocycles. The zero-order valence-electron chi connectivity index (χ0n) is 14.1. The van der Waals surface area contributed by atoms with Crippen molar-refractivity contribution in [2.45, 2.75) is 23.8 Å². The molecule has 0 spiro atoms. The van der Waals surface area contributed by atoms with Gasteiger partial charge in [0.1, 0.15) is 16.7 Å². The molecule has 7 nitrogen and oxygen atoms in total. The molecule has 0 radical (unpaired) electrons. The second kappa shape index (κ2) is 8.21. The number of thioether (sulfide) groups is 1. The van der Waals surface area contributed by atoms with Gasteiger partial charge in [-0.05, 0) is 32.0 Å². The zero-order chi connectivity index (χ0) is 19.3. The lowest BCUT2D eigenvalue weighted by molar-refractivity contribution is 0.0524. The molecule has 1 N–H and O–H groups in total. The molecule has 2 rings (SSSR count). The summed E-state index contributed by atoms with van der Waals surface area (Å²) in [6.45, 7) is 3.53. The number of aromatic nitrogens is 1. The van der Waals surface area contributed by atoms with Crippen LogP contribution in [0, 0.1) is 18.3 Å². The Morgan fingerprint density at radius 1 is 1.31 bits per heavy atom. The van der Waals surface area contributed by atoms with Crippen LogP contribution < -0.4 is 5.56 Å². The highest BCUT2D eigenvalue weighted by Gasteiger charge is 2.19. The maximum absolute atomic E-state index is 12.4. The third kappa shape index (κ3) is 4.53. The Labute approximate surface area is 154 Å². The minimum Gasteiger partial charge on any atom is -0.462 e. The topological polar surface area (TPSA) is 117 Å². The van der Waals surface area contributed by atoms with Gasteiger partial charge < -0.3 is 9.72 Å². The van der Waals surface area contributed by atoms with Crippen LogP contribution in [0.1, 0.15) is 28.4 Å². The summed E-state index contributed by atoms with van der Waals surface area (Å²) < 4.78 is 29.5. The van der Waals surface area contributed by atoms with Crippen LogP contribution in [0.5, 0.6) is 0 Å². The number of nitrogens with zero attached hydrogens (tertiary/aromatic N) is 1. The molecule has 1 aromatic carbocycles. The lowest BCUT2D eigenvalue weighted by Gasteiger charge is -2.08. The first-order valence-electron chi connectivity index (χ1n) is 7.55. The highest BCUT2D eigenvalue weighted by molar-refractivity contribution is 8.12. The second-order valence-electron chi connectivity index (χ2n) is 5.28. The van der Waals surface area contributed by atoms with Crippen LogP contribution in [0.2, 0.25) is 0 Å². The van der Waals surface area contributed by atoms with E-state index in [0.29, 0.717) is 0 Å². The average Bonchev–Trinajstić information content (AvgIpc) is 2.60. The highest BCUT2D eigenvalue weighted by atomic mass is 32.3. The van der Waals surface area contributed by atoms with Crippen molar-refractivity contribution < 1.29 is 17.9 Å². The largest absolute Gasteiger partial charge is 0.462 e. The number of esters is 1. The Kier molecular flexibility index (Phi) is 6.23. The standard InChI is InChI=1S/C17H16N2O5S2/c1-3-24-17(21)14-8-12(9-18)16(19-15(14)20)25-10-26(22,23)13-6-4-11(2)5-7-13/h4-8H,3,10H2,1-2H3,(H,19,20). The molecular weight excluding hydrogens is 376 g/mol. The van der Waals surface area contributed by atoms with Crippen LogP contribution in [-0.2, 0) is 14.6 Å². The molecule has 0 aliphatic heterocycles. The van der Waals surface area contributed by atoms with Gasteiger partial charge in [0.2, 0.25) is 0 Å². The third-order valence-corrected chi connectivity index (χ3v) is 6.67. The number of hydrogen-bond donors (Lipinski definition) is 1. The molecule has 0 aliphatic rings. The van der Waals surface area contributed by atoms with Gasteiger partial charge in [0, 0.05) is 0 Å². The number of nitriles is 1. The van der Waals surface area contributed by atoms with Gasteiger partial charge in [-0.3, -0.25) is 4.79 Å². The van der Waals surface area contributed by atoms with E-state index in [9.17, 15) is 23.3 Å². The minimum atomic E-state index is -3.61. The van der Waals surface area contributed by atoms with Gasteiger partial charge in [0.05, 0.1) is 22.1 Å². The van der Waals surface area contributed by atoms with E-state index < -0.39 is 21.4 Å². The molecule has 136 valence electrons. The number of aromatic amines is 1. The Balaban J connectivity index is 2.28. The van der Waals surface area contributed by atoms with Gasteiger partial charge >= 0.3 is 5.97 Å². The normalized spacial score (nSPS) is 11.0. The summed E-state index contributed by atoms with van der Waals surface area (Å²) in [5.74, 6) is -0.839. The van der Waals surface area contributed by atoms with Crippen molar-refractivity contribution in [1.82, 2.24) is 4.98 Å². The van der Waals surface area contributed by atoms with Crippen molar-refractivity contribution in [2.24, 2.45) is 0 Å². The highest BCUT2D eigenvalue weighted by Crippen LogP contribution is 2.24. The molecule has 0 unspecified atom stereocenters. The second-order valence-corrected chi connectivity index (χ2v) is 8.62. The van der Waals surface area contributed by atoms with E-state index in [1.807, 2.05) is 13.0 Å². The van der Waals surface area contributed by atoms with Crippen molar-refractivity contribution in [3.8, 4) is 6.07 Å². The van der Waals surface area contributed by atoms with E-state index in [-0.39, 0.29) is 32.7 Å². The number of nitrogens with one attached hydrogen (secondary N) is 1. The van der Waals surface area contributed by atoms with Crippen molar-refractivity contribution in [3.05, 3.63) is 57.4 Å². The maximum Gasteiger partial charge on any atom is 0.343 e. The summed E-state index contributed by atoms with van der Waals surface area (Å²) in [5.41, 5.74) is -0.106. The Bertz CT molecular complexity index is 1020. The van der Waals surface area contributed by atoms with E-state index >= 15 is 0 Å². The first-order chi connectivity index (χ1) is 12.3. The number of H-pyrrole nitrogens is 1. The van der Waals surface area contributed by atoms with Crippen LogP contribution >= 0.6 is 11.8 Å². The fraction of sp³-hybridized carbons (Fsp3) is 0.235. The lowest BCUT2D eigenvalue weighted by Crippen LogP contribution is -2.21. The molecule has 0 bridgehead atoms. The monoisotopic (exact) mass is 392 g/mol. The predicted molar refractivity (Wildman–Crippen MR) is 96.8 cm³/mol. The van der Waals surface area contributed by atoms with Crippen LogP contribution in [-0.4, -0.2) is 31.1 Å². The molecule has 26 heavy (non-hydrogen) atoms. The number of sulfone groups is 1. The zero-order valence-corrected chi connectivity index (χ0v) is 15.7. The van der Waals surface area contributed by atoms with Gasteiger partial charge in [-0.1, -0.05) is 29.5 Å². The van der Waals surface area contributed by atoms with E-state index in [1.165, 1.54) is 12.1 Å². The summed E-state index contributed by atoms with van der Waals surface area (Å²) in [6, 6.07) is 9.34. The molecule has 0 aliphatic carbocycles. The van der Waals surface area contributed by atoms with Gasteiger partial charge in [-0.15, -0.1) is 0 Å². The fourth-order valence-electron chi connectivity index (χ4n) is 2.02. The Morgan fingerprint density at radius 3 is 2.54 bits per heavy atom. The quantitative estimate of drug-likeness (QED) is 0.592. The molecular formula is C17H16N2O5S2. The number of benzene rings is 1. The molecule has 0 amide bonds. The van der Waals surface area contributed by atoms with E-state index in [4.69, 9.17) is 4.74 Å². The number of pyridine rings is 1. The van der Waals surface area contributed by atoms with Crippen molar-refractivity contribution in [1.29, 1.82) is 5.26 Å². The summed E-state index contributed by atoms with van der Waals surface area (Å²) in [5, 5.41) is 8.96. The van der Waals surface area contributed by atoms with E-state index in [2.05, 4.69) is 4.98 Å². The average molecular weight is 392 g/mol. The third-order valence-electron chi connectivity index (χ3n) is 3.36. The van der Waals surface area contributed by atoms with Gasteiger partial charge in [-0.25, -0.2) is 13.2 Å². The first-order valence-corrected chi connectivity index (χ1v) is 10.2.